The smallest absolute Gasteiger partial charge is 0.328 e. The number of amides is 1. The first-order chi connectivity index (χ1) is 15.8. The second-order valence-corrected chi connectivity index (χ2v) is 7.78. The molecule has 0 spiro atoms. The van der Waals surface area contributed by atoms with Crippen LogP contribution in [0.3, 0.4) is 0 Å². The van der Waals surface area contributed by atoms with Gasteiger partial charge in [-0.15, -0.1) is 0 Å². The molecule has 1 heterocycles. The number of carbonyl (C=O) groups is 3. The first-order valence-corrected chi connectivity index (χ1v) is 11.1. The van der Waals surface area contributed by atoms with Gasteiger partial charge in [0, 0.05) is 25.1 Å². The number of pyridine rings is 1. The standard InChI is InChI=1S/C25H32N2O6/c1-6-7-13-20(19-11-9-8-10-12-19)17(3)32-25(30)16(2)27-24(29)22-23(33-18(4)28)21(31-5)14-15-26-22/h8-12,14-17,20H,6-7,13H2,1-5H3,(H,27,29)/t16-,17?,20?/m0/s1. The molecule has 0 aliphatic heterocycles. The third kappa shape index (κ3) is 7.30. The minimum absolute atomic E-state index is 0.0496. The SMILES string of the molecule is CCCCC(c1ccccc1)C(C)OC(=O)[C@H](C)NC(=O)c1nccc(OC)c1OC(C)=O. The molecule has 1 aromatic carbocycles. The number of rotatable bonds is 11. The lowest BCUT2D eigenvalue weighted by atomic mass is 9.89. The molecular weight excluding hydrogens is 424 g/mol. The molecule has 8 nitrogen and oxygen atoms in total. The van der Waals surface area contributed by atoms with Crippen LogP contribution in [0.15, 0.2) is 42.6 Å². The van der Waals surface area contributed by atoms with Gasteiger partial charge in [0.05, 0.1) is 7.11 Å². The summed E-state index contributed by atoms with van der Waals surface area (Å²) >= 11 is 0. The van der Waals surface area contributed by atoms with E-state index >= 15 is 0 Å². The molecule has 1 amide bonds. The van der Waals surface area contributed by atoms with Crippen molar-refractivity contribution in [2.75, 3.05) is 7.11 Å². The third-order valence-corrected chi connectivity index (χ3v) is 5.22. The third-order valence-electron chi connectivity index (χ3n) is 5.22. The Bertz CT molecular complexity index is 947. The number of benzene rings is 1. The van der Waals surface area contributed by atoms with Gasteiger partial charge in [0.15, 0.2) is 11.4 Å². The van der Waals surface area contributed by atoms with E-state index in [-0.39, 0.29) is 29.2 Å². The number of ether oxygens (including phenoxy) is 3. The summed E-state index contributed by atoms with van der Waals surface area (Å²) < 4.78 is 16.0. The summed E-state index contributed by atoms with van der Waals surface area (Å²) in [6.45, 7) is 6.72. The van der Waals surface area contributed by atoms with Crippen LogP contribution in [0.2, 0.25) is 0 Å². The Morgan fingerprint density at radius 3 is 2.39 bits per heavy atom. The maximum absolute atomic E-state index is 12.8. The van der Waals surface area contributed by atoms with Crippen LogP contribution >= 0.6 is 0 Å². The van der Waals surface area contributed by atoms with Crippen LogP contribution < -0.4 is 14.8 Å². The highest BCUT2D eigenvalue weighted by molar-refractivity contribution is 5.98. The van der Waals surface area contributed by atoms with Gasteiger partial charge in [-0.1, -0.05) is 50.1 Å². The average molecular weight is 457 g/mol. The van der Waals surface area contributed by atoms with Crippen molar-refractivity contribution in [3.63, 3.8) is 0 Å². The van der Waals surface area contributed by atoms with Crippen molar-refractivity contribution >= 4 is 17.8 Å². The predicted molar refractivity (Wildman–Crippen MR) is 123 cm³/mol. The Balaban J connectivity index is 2.10. The van der Waals surface area contributed by atoms with E-state index in [9.17, 15) is 14.4 Å². The monoisotopic (exact) mass is 456 g/mol. The molecule has 0 aliphatic rings. The zero-order valence-electron chi connectivity index (χ0n) is 19.8. The molecule has 178 valence electrons. The lowest BCUT2D eigenvalue weighted by Gasteiger charge is -2.26. The van der Waals surface area contributed by atoms with E-state index in [0.717, 1.165) is 24.8 Å². The van der Waals surface area contributed by atoms with Gasteiger partial charge in [-0.05, 0) is 25.8 Å². The number of nitrogens with one attached hydrogen (secondary N) is 1. The summed E-state index contributed by atoms with van der Waals surface area (Å²) in [6, 6.07) is 10.5. The van der Waals surface area contributed by atoms with Gasteiger partial charge in [-0.3, -0.25) is 9.59 Å². The largest absolute Gasteiger partial charge is 0.493 e. The Kier molecular flexibility index (Phi) is 9.84. The normalized spacial score (nSPS) is 13.4. The summed E-state index contributed by atoms with van der Waals surface area (Å²) in [5.41, 5.74) is 0.942. The van der Waals surface area contributed by atoms with Crippen molar-refractivity contribution in [3.8, 4) is 11.5 Å². The highest BCUT2D eigenvalue weighted by atomic mass is 16.6. The summed E-state index contributed by atoms with van der Waals surface area (Å²) in [6.07, 6.45) is 3.90. The predicted octanol–water partition coefficient (Wildman–Crippen LogP) is 4.04. The minimum atomic E-state index is -0.944. The summed E-state index contributed by atoms with van der Waals surface area (Å²) in [5, 5.41) is 2.57. The van der Waals surface area contributed by atoms with Crippen molar-refractivity contribution in [2.45, 2.75) is 65.0 Å². The van der Waals surface area contributed by atoms with Crippen molar-refractivity contribution in [1.29, 1.82) is 0 Å². The van der Waals surface area contributed by atoms with Crippen LogP contribution in [0.4, 0.5) is 0 Å². The van der Waals surface area contributed by atoms with Crippen molar-refractivity contribution in [1.82, 2.24) is 10.3 Å². The minimum Gasteiger partial charge on any atom is -0.493 e. The molecule has 2 rings (SSSR count). The summed E-state index contributed by atoms with van der Waals surface area (Å²) in [7, 11) is 1.38. The first-order valence-electron chi connectivity index (χ1n) is 11.1. The van der Waals surface area contributed by atoms with Gasteiger partial charge in [0.25, 0.3) is 5.91 Å². The van der Waals surface area contributed by atoms with Crippen molar-refractivity contribution < 1.29 is 28.6 Å². The summed E-state index contributed by atoms with van der Waals surface area (Å²) in [4.78, 5) is 41.0. The van der Waals surface area contributed by atoms with Crippen LogP contribution in [0.25, 0.3) is 0 Å². The van der Waals surface area contributed by atoms with Crippen LogP contribution in [-0.4, -0.2) is 42.1 Å². The van der Waals surface area contributed by atoms with E-state index in [2.05, 4.69) is 17.2 Å². The molecule has 1 N–H and O–H groups in total. The molecular formula is C25H32N2O6. The number of carbonyl (C=O) groups excluding carboxylic acids is 3. The summed E-state index contributed by atoms with van der Waals surface area (Å²) in [5.74, 6) is -1.76. The van der Waals surface area contributed by atoms with Crippen LogP contribution in [0, 0.1) is 0 Å². The molecule has 0 saturated heterocycles. The van der Waals surface area contributed by atoms with Gasteiger partial charge < -0.3 is 19.5 Å². The maximum Gasteiger partial charge on any atom is 0.328 e. The van der Waals surface area contributed by atoms with Gasteiger partial charge in [-0.25, -0.2) is 9.78 Å². The molecule has 0 radical (unpaired) electrons. The van der Waals surface area contributed by atoms with Crippen LogP contribution in [0.1, 0.15) is 68.9 Å². The maximum atomic E-state index is 12.8. The zero-order valence-corrected chi connectivity index (χ0v) is 19.8. The molecule has 8 heteroatoms. The highest BCUT2D eigenvalue weighted by Gasteiger charge is 2.28. The van der Waals surface area contributed by atoms with E-state index in [4.69, 9.17) is 14.2 Å². The number of aromatic nitrogens is 1. The van der Waals surface area contributed by atoms with Crippen molar-refractivity contribution in [2.24, 2.45) is 0 Å². The van der Waals surface area contributed by atoms with E-state index in [1.54, 1.807) is 0 Å². The fourth-order valence-electron chi connectivity index (χ4n) is 3.48. The fraction of sp³-hybridized carbons (Fsp3) is 0.440. The number of methoxy groups -OCH3 is 1. The van der Waals surface area contributed by atoms with Crippen LogP contribution in [0.5, 0.6) is 11.5 Å². The topological polar surface area (TPSA) is 104 Å². The molecule has 0 fully saturated rings. The molecule has 0 saturated carbocycles. The molecule has 33 heavy (non-hydrogen) atoms. The lowest BCUT2D eigenvalue weighted by Crippen LogP contribution is -2.41. The Labute approximate surface area is 194 Å². The lowest BCUT2D eigenvalue weighted by molar-refractivity contribution is -0.151. The van der Waals surface area contributed by atoms with Gasteiger partial charge in [0.1, 0.15) is 12.1 Å². The fourth-order valence-corrected chi connectivity index (χ4v) is 3.48. The Morgan fingerprint density at radius 2 is 1.79 bits per heavy atom. The molecule has 1 aromatic heterocycles. The quantitative estimate of drug-likeness (QED) is 0.509. The van der Waals surface area contributed by atoms with Gasteiger partial charge in [0.2, 0.25) is 5.75 Å². The van der Waals surface area contributed by atoms with E-state index in [1.165, 1.54) is 33.2 Å². The van der Waals surface area contributed by atoms with Crippen LogP contribution in [-0.2, 0) is 14.3 Å². The number of esters is 2. The first kappa shape index (κ1) is 25.8. The number of hydrogen-bond donors (Lipinski definition) is 1. The Hall–Kier alpha value is -3.42. The number of hydrogen-bond acceptors (Lipinski definition) is 7. The number of nitrogens with zero attached hydrogens (tertiary/aromatic N) is 1. The van der Waals surface area contributed by atoms with Crippen molar-refractivity contribution in [3.05, 3.63) is 53.9 Å². The molecule has 2 aromatic rings. The van der Waals surface area contributed by atoms with E-state index in [0.29, 0.717) is 0 Å². The van der Waals surface area contributed by atoms with Gasteiger partial charge in [-0.2, -0.15) is 0 Å². The van der Waals surface area contributed by atoms with E-state index in [1.807, 2.05) is 37.3 Å². The second kappa shape index (κ2) is 12.6. The molecule has 0 aliphatic carbocycles. The number of unbranched alkanes of at least 4 members (excludes halogenated alkanes) is 1. The molecule has 2 unspecified atom stereocenters. The average Bonchev–Trinajstić information content (AvgIpc) is 2.79. The highest BCUT2D eigenvalue weighted by Crippen LogP contribution is 2.30. The van der Waals surface area contributed by atoms with E-state index < -0.39 is 23.9 Å². The second-order valence-electron chi connectivity index (χ2n) is 7.78. The molecule has 3 atom stereocenters. The zero-order chi connectivity index (χ0) is 24.4. The Morgan fingerprint density at radius 1 is 1.09 bits per heavy atom. The van der Waals surface area contributed by atoms with Gasteiger partial charge >= 0.3 is 11.9 Å². The molecule has 0 bridgehead atoms.